The summed E-state index contributed by atoms with van der Waals surface area (Å²) in [7, 11) is -2.97. The molecule has 2 aliphatic heterocycles. The number of carbonyl (C=O) groups is 1. The van der Waals surface area contributed by atoms with E-state index in [9.17, 15) is 13.2 Å². The third-order valence-corrected chi connectivity index (χ3v) is 5.94. The molecule has 0 spiro atoms. The lowest BCUT2D eigenvalue weighted by Crippen LogP contribution is -2.52. The van der Waals surface area contributed by atoms with E-state index in [4.69, 9.17) is 0 Å². The Balaban J connectivity index is 1.96. The van der Waals surface area contributed by atoms with Gasteiger partial charge in [0, 0.05) is 31.1 Å². The molecule has 19 heavy (non-hydrogen) atoms. The van der Waals surface area contributed by atoms with Gasteiger partial charge in [0.1, 0.15) is 0 Å². The Morgan fingerprint density at radius 3 is 2.47 bits per heavy atom. The van der Waals surface area contributed by atoms with Crippen molar-refractivity contribution in [2.24, 2.45) is 0 Å². The largest absolute Gasteiger partial charge is 0.337 e. The van der Waals surface area contributed by atoms with E-state index in [1.807, 2.05) is 4.90 Å². The predicted molar refractivity (Wildman–Crippen MR) is 74.7 cm³/mol. The number of sulfone groups is 1. The molecule has 3 atom stereocenters. The molecule has 2 fully saturated rings. The van der Waals surface area contributed by atoms with E-state index in [0.29, 0.717) is 13.0 Å². The highest BCUT2D eigenvalue weighted by Crippen LogP contribution is 2.23. The molecule has 1 N–H and O–H groups in total. The van der Waals surface area contributed by atoms with Crippen LogP contribution in [-0.4, -0.2) is 55.4 Å². The molecule has 0 bridgehead atoms. The molecule has 0 aromatic heterocycles. The van der Waals surface area contributed by atoms with Crippen molar-refractivity contribution >= 4 is 15.7 Å². The molecule has 2 saturated heterocycles. The van der Waals surface area contributed by atoms with Gasteiger partial charge >= 0.3 is 0 Å². The maximum Gasteiger partial charge on any atom is 0.224 e. The maximum absolute atomic E-state index is 12.4. The molecule has 0 aromatic carbocycles. The van der Waals surface area contributed by atoms with Gasteiger partial charge in [0.15, 0.2) is 9.84 Å². The van der Waals surface area contributed by atoms with Gasteiger partial charge in [-0.25, -0.2) is 8.42 Å². The Labute approximate surface area is 115 Å². The van der Waals surface area contributed by atoms with Crippen molar-refractivity contribution in [2.45, 2.75) is 57.7 Å². The Kier molecular flexibility index (Phi) is 4.50. The Hall–Kier alpha value is -0.620. The number of hydrogen-bond donors (Lipinski definition) is 1. The van der Waals surface area contributed by atoms with Crippen LogP contribution in [0.4, 0.5) is 0 Å². The summed E-state index contributed by atoms with van der Waals surface area (Å²) in [6.45, 7) is 4.63. The Bertz CT molecular complexity index is 425. The molecule has 6 heteroatoms. The average molecular weight is 288 g/mol. The van der Waals surface area contributed by atoms with Crippen molar-refractivity contribution in [3.05, 3.63) is 0 Å². The molecule has 5 nitrogen and oxygen atoms in total. The van der Waals surface area contributed by atoms with Crippen molar-refractivity contribution in [3.63, 3.8) is 0 Å². The fourth-order valence-electron chi connectivity index (χ4n) is 3.23. The highest BCUT2D eigenvalue weighted by atomic mass is 32.2. The van der Waals surface area contributed by atoms with Gasteiger partial charge in [-0.2, -0.15) is 0 Å². The highest BCUT2D eigenvalue weighted by molar-refractivity contribution is 7.91. The molecule has 2 aliphatic rings. The van der Waals surface area contributed by atoms with Gasteiger partial charge in [-0.15, -0.1) is 0 Å². The summed E-state index contributed by atoms with van der Waals surface area (Å²) in [5, 5.41) is 3.15. The van der Waals surface area contributed by atoms with Crippen LogP contribution in [0.25, 0.3) is 0 Å². The fraction of sp³-hybridized carbons (Fsp3) is 0.923. The minimum atomic E-state index is -2.97. The Morgan fingerprint density at radius 2 is 1.89 bits per heavy atom. The van der Waals surface area contributed by atoms with E-state index in [-0.39, 0.29) is 35.5 Å². The predicted octanol–water partition coefficient (Wildman–Crippen LogP) is 0.553. The maximum atomic E-state index is 12.4. The number of nitrogens with one attached hydrogen (secondary N) is 1. The quantitative estimate of drug-likeness (QED) is 0.806. The van der Waals surface area contributed by atoms with Crippen molar-refractivity contribution in [2.75, 3.05) is 18.1 Å². The number of piperidine rings is 1. The van der Waals surface area contributed by atoms with E-state index in [1.54, 1.807) is 0 Å². The molecule has 0 saturated carbocycles. The molecular weight excluding hydrogens is 264 g/mol. The standard InChI is InChI=1S/C13H24N2O3S/c1-10-4-3-5-11(2)15(10)13(16)8-12-9-19(17,18)7-6-14-12/h10-12,14H,3-9H2,1-2H3/t10-,11+,12?. The average Bonchev–Trinajstić information content (AvgIpc) is 2.27. The zero-order valence-corrected chi connectivity index (χ0v) is 12.6. The topological polar surface area (TPSA) is 66.5 Å². The molecule has 2 rings (SSSR count). The number of hydrogen-bond acceptors (Lipinski definition) is 4. The van der Waals surface area contributed by atoms with Crippen LogP contribution >= 0.6 is 0 Å². The molecule has 0 aromatic rings. The lowest BCUT2D eigenvalue weighted by Gasteiger charge is -2.40. The summed E-state index contributed by atoms with van der Waals surface area (Å²) in [5.41, 5.74) is 0. The fourth-order valence-corrected chi connectivity index (χ4v) is 4.67. The van der Waals surface area contributed by atoms with Crippen molar-refractivity contribution in [1.29, 1.82) is 0 Å². The second kappa shape index (κ2) is 5.79. The summed E-state index contributed by atoms with van der Waals surface area (Å²) in [6, 6.07) is 0.334. The lowest BCUT2D eigenvalue weighted by atomic mass is 9.96. The van der Waals surface area contributed by atoms with Gasteiger partial charge in [-0.05, 0) is 33.1 Å². The van der Waals surface area contributed by atoms with Crippen LogP contribution in [0.3, 0.4) is 0 Å². The summed E-state index contributed by atoms with van der Waals surface area (Å²) in [6.07, 6.45) is 3.56. The number of carbonyl (C=O) groups excluding carboxylic acids is 1. The van der Waals surface area contributed by atoms with Gasteiger partial charge in [0.2, 0.25) is 5.91 Å². The summed E-state index contributed by atoms with van der Waals surface area (Å²) >= 11 is 0. The lowest BCUT2D eigenvalue weighted by molar-refractivity contribution is -0.137. The first-order chi connectivity index (χ1) is 8.89. The Morgan fingerprint density at radius 1 is 1.26 bits per heavy atom. The molecular formula is C13H24N2O3S. The molecule has 110 valence electrons. The number of nitrogens with zero attached hydrogens (tertiary/aromatic N) is 1. The summed E-state index contributed by atoms with van der Waals surface area (Å²) in [5.74, 6) is 0.373. The van der Waals surface area contributed by atoms with Crippen LogP contribution < -0.4 is 5.32 Å². The molecule has 2 heterocycles. The van der Waals surface area contributed by atoms with E-state index in [1.165, 1.54) is 6.42 Å². The van der Waals surface area contributed by atoms with Crippen molar-refractivity contribution in [3.8, 4) is 0 Å². The minimum Gasteiger partial charge on any atom is -0.337 e. The van der Waals surface area contributed by atoms with Crippen LogP contribution in [-0.2, 0) is 14.6 Å². The van der Waals surface area contributed by atoms with Crippen molar-refractivity contribution in [1.82, 2.24) is 10.2 Å². The van der Waals surface area contributed by atoms with E-state index < -0.39 is 9.84 Å². The van der Waals surface area contributed by atoms with Gasteiger partial charge in [-0.3, -0.25) is 4.79 Å². The first-order valence-electron chi connectivity index (χ1n) is 7.14. The molecule has 0 aliphatic carbocycles. The minimum absolute atomic E-state index is 0.0919. The van der Waals surface area contributed by atoms with Crippen LogP contribution in [0.5, 0.6) is 0 Å². The first kappa shape index (κ1) is 14.8. The zero-order valence-electron chi connectivity index (χ0n) is 11.8. The van der Waals surface area contributed by atoms with E-state index >= 15 is 0 Å². The highest BCUT2D eigenvalue weighted by Gasteiger charge is 2.32. The molecule has 1 unspecified atom stereocenters. The molecule has 0 radical (unpaired) electrons. The summed E-state index contributed by atoms with van der Waals surface area (Å²) < 4.78 is 23.2. The van der Waals surface area contributed by atoms with Crippen molar-refractivity contribution < 1.29 is 13.2 Å². The second-order valence-corrected chi connectivity index (χ2v) is 8.13. The third-order valence-electron chi connectivity index (χ3n) is 4.20. The second-order valence-electron chi connectivity index (χ2n) is 5.90. The van der Waals surface area contributed by atoms with E-state index in [0.717, 1.165) is 12.8 Å². The summed E-state index contributed by atoms with van der Waals surface area (Å²) in [4.78, 5) is 14.3. The smallest absolute Gasteiger partial charge is 0.224 e. The zero-order chi connectivity index (χ0) is 14.0. The van der Waals surface area contributed by atoms with Gasteiger partial charge in [0.05, 0.1) is 11.5 Å². The number of rotatable bonds is 2. The number of amides is 1. The monoisotopic (exact) mass is 288 g/mol. The van der Waals surface area contributed by atoms with Gasteiger partial charge in [0.25, 0.3) is 0 Å². The SMILES string of the molecule is C[C@@H]1CCC[C@H](C)N1C(=O)CC1CS(=O)(=O)CCN1. The van der Waals surface area contributed by atoms with Gasteiger partial charge < -0.3 is 10.2 Å². The van der Waals surface area contributed by atoms with Crippen LogP contribution in [0.15, 0.2) is 0 Å². The first-order valence-corrected chi connectivity index (χ1v) is 8.96. The van der Waals surface area contributed by atoms with Crippen LogP contribution in [0, 0.1) is 0 Å². The normalized spacial score (nSPS) is 35.1. The third kappa shape index (κ3) is 3.69. The van der Waals surface area contributed by atoms with Crippen LogP contribution in [0.1, 0.15) is 39.5 Å². The van der Waals surface area contributed by atoms with Gasteiger partial charge in [-0.1, -0.05) is 0 Å². The van der Waals surface area contributed by atoms with Crippen LogP contribution in [0.2, 0.25) is 0 Å². The molecule has 1 amide bonds. The van der Waals surface area contributed by atoms with E-state index in [2.05, 4.69) is 19.2 Å². The number of likely N-dealkylation sites (tertiary alicyclic amines) is 1.